The van der Waals surface area contributed by atoms with Crippen molar-refractivity contribution < 1.29 is 8.78 Å². The molecule has 3 aromatic rings. The second-order valence-electron chi connectivity index (χ2n) is 6.76. The molecule has 0 saturated carbocycles. The normalized spacial score (nSPS) is 17.8. The number of nitrogens with zero attached hydrogens (tertiary/aromatic N) is 1. The van der Waals surface area contributed by atoms with E-state index in [4.69, 9.17) is 0 Å². The van der Waals surface area contributed by atoms with Gasteiger partial charge < -0.3 is 10.6 Å². The van der Waals surface area contributed by atoms with Crippen LogP contribution in [0.4, 0.5) is 14.5 Å². The summed E-state index contributed by atoms with van der Waals surface area (Å²) in [6.07, 6.45) is 6.86. The maximum absolute atomic E-state index is 14.3. The van der Waals surface area contributed by atoms with Crippen molar-refractivity contribution in [2.24, 2.45) is 0 Å². The average molecular weight is 353 g/mol. The van der Waals surface area contributed by atoms with Crippen molar-refractivity contribution in [3.05, 3.63) is 60.4 Å². The number of hydrogen-bond acceptors (Lipinski definition) is 3. The maximum atomic E-state index is 14.3. The number of fused-ring (bicyclic) bond motifs is 1. The van der Waals surface area contributed by atoms with Crippen LogP contribution in [-0.2, 0) is 0 Å². The predicted octanol–water partition coefficient (Wildman–Crippen LogP) is 4.73. The van der Waals surface area contributed by atoms with E-state index in [1.165, 1.54) is 24.6 Å². The molecule has 0 radical (unpaired) electrons. The second-order valence-corrected chi connectivity index (χ2v) is 6.76. The highest BCUT2D eigenvalue weighted by molar-refractivity contribution is 5.97. The SMILES string of the molecule is Fc1cccc(F)c1-c1cc(N[C@H]2CCCCNC2)c2ccncc2c1. The average Bonchev–Trinajstić information content (AvgIpc) is 2.90. The van der Waals surface area contributed by atoms with Gasteiger partial charge >= 0.3 is 0 Å². The van der Waals surface area contributed by atoms with Crippen molar-refractivity contribution in [2.75, 3.05) is 18.4 Å². The maximum Gasteiger partial charge on any atom is 0.133 e. The van der Waals surface area contributed by atoms with Gasteiger partial charge in [-0.05, 0) is 55.3 Å². The zero-order valence-corrected chi connectivity index (χ0v) is 14.4. The van der Waals surface area contributed by atoms with Gasteiger partial charge in [0.1, 0.15) is 11.6 Å². The van der Waals surface area contributed by atoms with Gasteiger partial charge in [0.25, 0.3) is 0 Å². The Balaban J connectivity index is 1.81. The fraction of sp³-hybridized carbons (Fsp3) is 0.286. The van der Waals surface area contributed by atoms with Crippen LogP contribution < -0.4 is 10.6 Å². The van der Waals surface area contributed by atoms with Gasteiger partial charge in [-0.1, -0.05) is 12.5 Å². The summed E-state index contributed by atoms with van der Waals surface area (Å²) in [5, 5.41) is 8.88. The summed E-state index contributed by atoms with van der Waals surface area (Å²) in [6, 6.07) is 9.81. The first-order valence-electron chi connectivity index (χ1n) is 9.02. The zero-order valence-electron chi connectivity index (χ0n) is 14.4. The van der Waals surface area contributed by atoms with Crippen molar-refractivity contribution in [3.8, 4) is 11.1 Å². The molecule has 0 aliphatic carbocycles. The van der Waals surface area contributed by atoms with E-state index in [0.717, 1.165) is 42.4 Å². The first-order valence-corrected chi connectivity index (χ1v) is 9.02. The molecule has 0 amide bonds. The molecule has 1 aromatic heterocycles. The summed E-state index contributed by atoms with van der Waals surface area (Å²) in [6.45, 7) is 1.91. The molecule has 2 heterocycles. The number of anilines is 1. The van der Waals surface area contributed by atoms with E-state index in [1.54, 1.807) is 18.5 Å². The molecule has 2 N–H and O–H groups in total. The summed E-state index contributed by atoms with van der Waals surface area (Å²) in [4.78, 5) is 4.17. The van der Waals surface area contributed by atoms with Crippen LogP contribution in [0.15, 0.2) is 48.8 Å². The zero-order chi connectivity index (χ0) is 17.9. The van der Waals surface area contributed by atoms with Crippen LogP contribution in [0.5, 0.6) is 0 Å². The van der Waals surface area contributed by atoms with E-state index in [2.05, 4.69) is 15.6 Å². The Bertz CT molecular complexity index is 898. The van der Waals surface area contributed by atoms with E-state index >= 15 is 0 Å². The van der Waals surface area contributed by atoms with Gasteiger partial charge in [0.2, 0.25) is 0 Å². The monoisotopic (exact) mass is 353 g/mol. The second kappa shape index (κ2) is 7.38. The van der Waals surface area contributed by atoms with Gasteiger partial charge in [-0.3, -0.25) is 4.98 Å². The molecule has 0 unspecified atom stereocenters. The molecule has 0 bridgehead atoms. The highest BCUT2D eigenvalue weighted by atomic mass is 19.1. The molecule has 2 aromatic carbocycles. The Morgan fingerprint density at radius 2 is 1.92 bits per heavy atom. The predicted molar refractivity (Wildman–Crippen MR) is 101 cm³/mol. The van der Waals surface area contributed by atoms with Gasteiger partial charge in [0.05, 0.1) is 5.56 Å². The van der Waals surface area contributed by atoms with Crippen LogP contribution in [0.25, 0.3) is 21.9 Å². The van der Waals surface area contributed by atoms with Crippen LogP contribution in [0.2, 0.25) is 0 Å². The fourth-order valence-electron chi connectivity index (χ4n) is 3.61. The molecule has 3 nitrogen and oxygen atoms in total. The number of nitrogens with one attached hydrogen (secondary N) is 2. The molecule has 1 aliphatic rings. The summed E-state index contributed by atoms with van der Waals surface area (Å²) in [5.41, 5.74) is 1.40. The fourth-order valence-corrected chi connectivity index (χ4v) is 3.61. The largest absolute Gasteiger partial charge is 0.381 e. The van der Waals surface area contributed by atoms with Crippen molar-refractivity contribution in [1.29, 1.82) is 0 Å². The number of aromatic nitrogens is 1. The van der Waals surface area contributed by atoms with Gasteiger partial charge in [0, 0.05) is 41.4 Å². The van der Waals surface area contributed by atoms with E-state index < -0.39 is 11.6 Å². The lowest BCUT2D eigenvalue weighted by Crippen LogP contribution is -2.30. The summed E-state index contributed by atoms with van der Waals surface area (Å²) >= 11 is 0. The van der Waals surface area contributed by atoms with E-state index in [1.807, 2.05) is 12.1 Å². The third-order valence-corrected chi connectivity index (χ3v) is 4.91. The quantitative estimate of drug-likeness (QED) is 0.714. The Labute approximate surface area is 151 Å². The Morgan fingerprint density at radius 1 is 1.08 bits per heavy atom. The molecule has 4 rings (SSSR count). The molecule has 1 atom stereocenters. The van der Waals surface area contributed by atoms with Crippen LogP contribution >= 0.6 is 0 Å². The summed E-state index contributed by atoms with van der Waals surface area (Å²) in [5.74, 6) is -1.12. The van der Waals surface area contributed by atoms with Crippen LogP contribution in [0.3, 0.4) is 0 Å². The smallest absolute Gasteiger partial charge is 0.133 e. The van der Waals surface area contributed by atoms with E-state index in [-0.39, 0.29) is 11.6 Å². The minimum absolute atomic E-state index is 0.000273. The molecular weight excluding hydrogens is 332 g/mol. The van der Waals surface area contributed by atoms with E-state index in [9.17, 15) is 8.78 Å². The number of pyridine rings is 1. The van der Waals surface area contributed by atoms with Crippen LogP contribution in [-0.4, -0.2) is 24.1 Å². The Hall–Kier alpha value is -2.53. The van der Waals surface area contributed by atoms with Crippen molar-refractivity contribution >= 4 is 16.5 Å². The first kappa shape index (κ1) is 16.9. The lowest BCUT2D eigenvalue weighted by Gasteiger charge is -2.20. The lowest BCUT2D eigenvalue weighted by molar-refractivity contribution is 0.589. The van der Waals surface area contributed by atoms with Gasteiger partial charge in [-0.2, -0.15) is 0 Å². The summed E-state index contributed by atoms with van der Waals surface area (Å²) in [7, 11) is 0. The highest BCUT2D eigenvalue weighted by Gasteiger charge is 2.16. The molecule has 0 spiro atoms. The number of benzene rings is 2. The Morgan fingerprint density at radius 3 is 2.77 bits per heavy atom. The minimum Gasteiger partial charge on any atom is -0.381 e. The number of rotatable bonds is 3. The summed E-state index contributed by atoms with van der Waals surface area (Å²) < 4.78 is 28.6. The highest BCUT2D eigenvalue weighted by Crippen LogP contribution is 2.34. The molecule has 1 fully saturated rings. The van der Waals surface area contributed by atoms with Crippen molar-refractivity contribution in [1.82, 2.24) is 10.3 Å². The lowest BCUT2D eigenvalue weighted by atomic mass is 9.99. The molecule has 1 saturated heterocycles. The first-order chi connectivity index (χ1) is 12.7. The van der Waals surface area contributed by atoms with Crippen molar-refractivity contribution in [3.63, 3.8) is 0 Å². The van der Waals surface area contributed by atoms with Crippen LogP contribution in [0, 0.1) is 11.6 Å². The third kappa shape index (κ3) is 3.40. The molecular formula is C21H21F2N3. The van der Waals surface area contributed by atoms with Crippen LogP contribution in [0.1, 0.15) is 19.3 Å². The van der Waals surface area contributed by atoms with Gasteiger partial charge in [-0.25, -0.2) is 8.78 Å². The van der Waals surface area contributed by atoms with Gasteiger partial charge in [0.15, 0.2) is 0 Å². The number of halogens is 2. The topological polar surface area (TPSA) is 37.0 Å². The molecule has 134 valence electrons. The minimum atomic E-state index is -0.560. The Kier molecular flexibility index (Phi) is 4.80. The standard InChI is InChI=1S/C21H21F2N3/c22-18-5-3-6-19(23)21(18)14-10-15-12-25-9-7-17(15)20(11-14)26-16-4-1-2-8-24-13-16/h3,5-7,9-12,16,24,26H,1-2,4,8,13H2/t16-/m0/s1. The third-order valence-electron chi connectivity index (χ3n) is 4.91. The van der Waals surface area contributed by atoms with Gasteiger partial charge in [-0.15, -0.1) is 0 Å². The van der Waals surface area contributed by atoms with Crippen molar-refractivity contribution in [2.45, 2.75) is 25.3 Å². The van der Waals surface area contributed by atoms with E-state index in [0.29, 0.717) is 5.56 Å². The molecule has 26 heavy (non-hydrogen) atoms. The molecule has 1 aliphatic heterocycles. The molecule has 5 heteroatoms. The number of hydrogen-bond donors (Lipinski definition) is 2.